The lowest BCUT2D eigenvalue weighted by Crippen LogP contribution is -2.53. The third-order valence-electron chi connectivity index (χ3n) is 4.85. The molecule has 3 rings (SSSR count). The average molecular weight is 390 g/mol. The third-order valence-corrected chi connectivity index (χ3v) is 5.22. The lowest BCUT2D eigenvalue weighted by atomic mass is 9.74. The normalized spacial score (nSPS) is 14.9. The summed E-state index contributed by atoms with van der Waals surface area (Å²) in [5.41, 5.74) is 0.925. The van der Waals surface area contributed by atoms with Gasteiger partial charge in [-0.3, -0.25) is 19.0 Å². The number of alkyl halides is 1. The molecule has 2 aromatic rings. The van der Waals surface area contributed by atoms with Crippen LogP contribution in [-0.2, 0) is 11.2 Å². The Bertz CT molecular complexity index is 839. The van der Waals surface area contributed by atoms with Crippen molar-refractivity contribution in [1.29, 1.82) is 0 Å². The summed E-state index contributed by atoms with van der Waals surface area (Å²) < 4.78 is 12.8. The SMILES string of the molecule is O=C(Cc1ccccc1Cl)Nc1ccnc(C(=O)NC2(CCF)CCC2)c1. The van der Waals surface area contributed by atoms with Gasteiger partial charge in [-0.25, -0.2) is 0 Å². The molecule has 1 aromatic heterocycles. The number of hydrogen-bond acceptors (Lipinski definition) is 3. The van der Waals surface area contributed by atoms with Crippen LogP contribution in [0.25, 0.3) is 0 Å². The maximum Gasteiger partial charge on any atom is 0.270 e. The quantitative estimate of drug-likeness (QED) is 0.753. The van der Waals surface area contributed by atoms with Gasteiger partial charge < -0.3 is 10.6 Å². The number of hydrogen-bond donors (Lipinski definition) is 2. The van der Waals surface area contributed by atoms with E-state index in [1.54, 1.807) is 24.3 Å². The average Bonchev–Trinajstić information content (AvgIpc) is 2.62. The van der Waals surface area contributed by atoms with Crippen molar-refractivity contribution in [2.75, 3.05) is 12.0 Å². The van der Waals surface area contributed by atoms with Crippen LogP contribution in [0.3, 0.4) is 0 Å². The Balaban J connectivity index is 1.64. The predicted molar refractivity (Wildman–Crippen MR) is 103 cm³/mol. The molecule has 2 amide bonds. The molecule has 1 aromatic carbocycles. The van der Waals surface area contributed by atoms with Crippen LogP contribution in [0, 0.1) is 0 Å². The fourth-order valence-corrected chi connectivity index (χ4v) is 3.38. The summed E-state index contributed by atoms with van der Waals surface area (Å²) in [7, 11) is 0. The zero-order valence-corrected chi connectivity index (χ0v) is 15.6. The van der Waals surface area contributed by atoms with Gasteiger partial charge in [-0.15, -0.1) is 0 Å². The number of halogens is 2. The summed E-state index contributed by atoms with van der Waals surface area (Å²) in [6, 6.07) is 10.3. The van der Waals surface area contributed by atoms with Gasteiger partial charge in [0, 0.05) is 22.4 Å². The van der Waals surface area contributed by atoms with Crippen molar-refractivity contribution in [2.45, 2.75) is 37.6 Å². The third kappa shape index (κ3) is 4.83. The van der Waals surface area contributed by atoms with Crippen LogP contribution >= 0.6 is 11.6 Å². The smallest absolute Gasteiger partial charge is 0.270 e. The fraction of sp³-hybridized carbons (Fsp3) is 0.350. The van der Waals surface area contributed by atoms with Gasteiger partial charge in [0.1, 0.15) is 5.69 Å². The highest BCUT2D eigenvalue weighted by molar-refractivity contribution is 6.31. The maximum atomic E-state index is 12.8. The van der Waals surface area contributed by atoms with Crippen LogP contribution < -0.4 is 10.6 Å². The van der Waals surface area contributed by atoms with Gasteiger partial charge in [-0.1, -0.05) is 29.8 Å². The number of carbonyl (C=O) groups excluding carboxylic acids is 2. The van der Waals surface area contributed by atoms with Crippen LogP contribution in [0.1, 0.15) is 41.7 Å². The molecule has 0 aliphatic heterocycles. The molecule has 5 nitrogen and oxygen atoms in total. The maximum absolute atomic E-state index is 12.8. The van der Waals surface area contributed by atoms with Crippen LogP contribution in [0.4, 0.5) is 10.1 Å². The molecular formula is C20H21ClFN3O2. The Kier molecular flexibility index (Phi) is 6.06. The van der Waals surface area contributed by atoms with E-state index in [-0.39, 0.29) is 23.9 Å². The van der Waals surface area contributed by atoms with E-state index in [1.165, 1.54) is 12.3 Å². The molecule has 7 heteroatoms. The molecule has 2 N–H and O–H groups in total. The summed E-state index contributed by atoms with van der Waals surface area (Å²) >= 11 is 6.07. The largest absolute Gasteiger partial charge is 0.345 e. The standard InChI is InChI=1S/C20H21ClFN3O2/c21-16-5-2-1-4-14(16)12-18(26)24-15-6-11-23-17(13-15)19(27)25-20(9-10-22)7-3-8-20/h1-2,4-6,11,13H,3,7-10,12H2,(H,25,27)(H,23,24,26). The second kappa shape index (κ2) is 8.48. The summed E-state index contributed by atoms with van der Waals surface area (Å²) in [6.45, 7) is -0.466. The van der Waals surface area contributed by atoms with Crippen molar-refractivity contribution >= 4 is 29.1 Å². The summed E-state index contributed by atoms with van der Waals surface area (Å²) in [6.07, 6.45) is 4.43. The van der Waals surface area contributed by atoms with E-state index < -0.39 is 12.2 Å². The van der Waals surface area contributed by atoms with E-state index in [0.717, 1.165) is 24.8 Å². The van der Waals surface area contributed by atoms with E-state index in [4.69, 9.17) is 11.6 Å². The molecule has 1 aliphatic carbocycles. The van der Waals surface area contributed by atoms with Crippen molar-refractivity contribution in [3.05, 3.63) is 58.9 Å². The number of rotatable bonds is 7. The number of amides is 2. The first kappa shape index (κ1) is 19.3. The Hall–Kier alpha value is -2.47. The predicted octanol–water partition coefficient (Wildman–Crippen LogP) is 3.93. The molecule has 1 aliphatic rings. The number of aromatic nitrogens is 1. The molecule has 0 radical (unpaired) electrons. The van der Waals surface area contributed by atoms with E-state index >= 15 is 0 Å². The van der Waals surface area contributed by atoms with Crippen LogP contribution in [0.5, 0.6) is 0 Å². The molecule has 27 heavy (non-hydrogen) atoms. The zero-order chi connectivity index (χ0) is 19.3. The molecular weight excluding hydrogens is 369 g/mol. The van der Waals surface area contributed by atoms with Crippen molar-refractivity contribution < 1.29 is 14.0 Å². The second-order valence-electron chi connectivity index (χ2n) is 6.77. The van der Waals surface area contributed by atoms with Gasteiger partial charge in [0.15, 0.2) is 0 Å². The number of pyridine rings is 1. The number of benzene rings is 1. The first-order valence-corrected chi connectivity index (χ1v) is 9.27. The van der Waals surface area contributed by atoms with Gasteiger partial charge >= 0.3 is 0 Å². The van der Waals surface area contributed by atoms with E-state index in [2.05, 4.69) is 15.6 Å². The van der Waals surface area contributed by atoms with E-state index in [1.807, 2.05) is 6.07 Å². The molecule has 0 spiro atoms. The van der Waals surface area contributed by atoms with Gasteiger partial charge in [-0.05, 0) is 49.4 Å². The minimum atomic E-state index is -0.466. The first-order valence-electron chi connectivity index (χ1n) is 8.89. The number of nitrogens with one attached hydrogen (secondary N) is 2. The zero-order valence-electron chi connectivity index (χ0n) is 14.8. The molecule has 1 saturated carbocycles. The van der Waals surface area contributed by atoms with E-state index in [0.29, 0.717) is 17.1 Å². The highest BCUT2D eigenvalue weighted by Gasteiger charge is 2.38. The van der Waals surface area contributed by atoms with Crippen molar-refractivity contribution in [2.24, 2.45) is 0 Å². The summed E-state index contributed by atoms with van der Waals surface area (Å²) in [4.78, 5) is 28.8. The Morgan fingerprint density at radius 2 is 2.00 bits per heavy atom. The Morgan fingerprint density at radius 1 is 1.22 bits per heavy atom. The van der Waals surface area contributed by atoms with Gasteiger partial charge in [0.05, 0.1) is 13.1 Å². The second-order valence-corrected chi connectivity index (χ2v) is 7.18. The summed E-state index contributed by atoms with van der Waals surface area (Å²) in [5.74, 6) is -0.598. The van der Waals surface area contributed by atoms with Crippen LogP contribution in [0.15, 0.2) is 42.6 Å². The number of anilines is 1. The van der Waals surface area contributed by atoms with Crippen molar-refractivity contribution in [3.8, 4) is 0 Å². The molecule has 1 fully saturated rings. The molecule has 0 atom stereocenters. The first-order chi connectivity index (χ1) is 13.0. The number of nitrogens with zero attached hydrogens (tertiary/aromatic N) is 1. The Labute approximate surface area is 162 Å². The van der Waals surface area contributed by atoms with E-state index in [9.17, 15) is 14.0 Å². The van der Waals surface area contributed by atoms with Crippen LogP contribution in [-0.4, -0.2) is 29.0 Å². The molecule has 0 bridgehead atoms. The Morgan fingerprint density at radius 3 is 2.67 bits per heavy atom. The molecule has 142 valence electrons. The molecule has 1 heterocycles. The minimum Gasteiger partial charge on any atom is -0.345 e. The summed E-state index contributed by atoms with van der Waals surface area (Å²) in [5, 5.41) is 6.18. The van der Waals surface area contributed by atoms with Crippen LogP contribution in [0.2, 0.25) is 5.02 Å². The van der Waals surface area contributed by atoms with Crippen molar-refractivity contribution in [3.63, 3.8) is 0 Å². The van der Waals surface area contributed by atoms with Gasteiger partial charge in [0.25, 0.3) is 5.91 Å². The van der Waals surface area contributed by atoms with Gasteiger partial charge in [0.2, 0.25) is 5.91 Å². The van der Waals surface area contributed by atoms with Crippen molar-refractivity contribution in [1.82, 2.24) is 10.3 Å². The lowest BCUT2D eigenvalue weighted by molar-refractivity contribution is -0.115. The highest BCUT2D eigenvalue weighted by atomic mass is 35.5. The molecule has 0 unspecified atom stereocenters. The fourth-order valence-electron chi connectivity index (χ4n) is 3.18. The highest BCUT2D eigenvalue weighted by Crippen LogP contribution is 2.35. The van der Waals surface area contributed by atoms with Gasteiger partial charge in [-0.2, -0.15) is 0 Å². The minimum absolute atomic E-state index is 0.128. The molecule has 0 saturated heterocycles. The monoisotopic (exact) mass is 389 g/mol. The topological polar surface area (TPSA) is 71.1 Å². The number of carbonyl (C=O) groups is 2. The lowest BCUT2D eigenvalue weighted by Gasteiger charge is -2.42.